The lowest BCUT2D eigenvalue weighted by molar-refractivity contribution is 0.101. The molecule has 7 nitrogen and oxygen atoms in total. The fourth-order valence-corrected chi connectivity index (χ4v) is 3.72. The highest BCUT2D eigenvalue weighted by molar-refractivity contribution is 6.08. The average Bonchev–Trinajstić information content (AvgIpc) is 3.37. The molecule has 0 aliphatic carbocycles. The van der Waals surface area contributed by atoms with E-state index in [1.165, 1.54) is 0 Å². The number of hydrogen-bond acceptors (Lipinski definition) is 4. The average molecular weight is 427 g/mol. The van der Waals surface area contributed by atoms with Gasteiger partial charge in [-0.3, -0.25) is 9.59 Å². The summed E-state index contributed by atoms with van der Waals surface area (Å²) in [5.74, 6) is 0.665. The second-order valence-electron chi connectivity index (χ2n) is 7.69. The topological polar surface area (TPSA) is 92.5 Å². The third kappa shape index (κ3) is 3.65. The van der Waals surface area contributed by atoms with E-state index in [1.807, 2.05) is 26.0 Å². The zero-order valence-electron chi connectivity index (χ0n) is 17.6. The van der Waals surface area contributed by atoms with Crippen LogP contribution in [0.3, 0.4) is 0 Å². The smallest absolute Gasteiger partial charge is 0.255 e. The first kappa shape index (κ1) is 19.7. The number of aromatic amines is 1. The first-order chi connectivity index (χ1) is 15.5. The van der Waals surface area contributed by atoms with Gasteiger partial charge in [-0.25, -0.2) is 0 Å². The van der Waals surface area contributed by atoms with Crippen molar-refractivity contribution < 1.29 is 19.1 Å². The highest BCUT2D eigenvalue weighted by Crippen LogP contribution is 2.32. The summed E-state index contributed by atoms with van der Waals surface area (Å²) in [5.41, 5.74) is 5.39. The van der Waals surface area contributed by atoms with E-state index in [0.717, 1.165) is 22.2 Å². The first-order valence-electron chi connectivity index (χ1n) is 10.2. The zero-order chi connectivity index (χ0) is 22.2. The molecule has 3 aromatic carbocycles. The van der Waals surface area contributed by atoms with E-state index in [4.69, 9.17) is 9.47 Å². The molecule has 32 heavy (non-hydrogen) atoms. The summed E-state index contributed by atoms with van der Waals surface area (Å²) in [6.45, 7) is 4.19. The number of benzene rings is 3. The van der Waals surface area contributed by atoms with Crippen molar-refractivity contribution in [2.24, 2.45) is 0 Å². The molecule has 0 radical (unpaired) electrons. The van der Waals surface area contributed by atoms with Gasteiger partial charge in [0.2, 0.25) is 6.79 Å². The Balaban J connectivity index is 1.31. The van der Waals surface area contributed by atoms with Crippen LogP contribution in [-0.4, -0.2) is 23.6 Å². The molecule has 0 saturated heterocycles. The van der Waals surface area contributed by atoms with Crippen LogP contribution < -0.4 is 20.1 Å². The van der Waals surface area contributed by atoms with Crippen molar-refractivity contribution in [3.63, 3.8) is 0 Å². The minimum atomic E-state index is -0.282. The summed E-state index contributed by atoms with van der Waals surface area (Å²) in [6, 6.07) is 17.6. The lowest BCUT2D eigenvalue weighted by atomic mass is 10.1. The second kappa shape index (κ2) is 7.77. The molecule has 2 heterocycles. The van der Waals surface area contributed by atoms with Gasteiger partial charge in [0.05, 0.1) is 0 Å². The van der Waals surface area contributed by atoms with Crippen LogP contribution in [0.2, 0.25) is 0 Å². The van der Waals surface area contributed by atoms with E-state index < -0.39 is 0 Å². The monoisotopic (exact) mass is 427 g/mol. The number of nitrogens with one attached hydrogen (secondary N) is 3. The van der Waals surface area contributed by atoms with Crippen LogP contribution in [0.25, 0.3) is 10.9 Å². The first-order valence-corrected chi connectivity index (χ1v) is 10.2. The number of aryl methyl sites for hydroxylation is 2. The van der Waals surface area contributed by atoms with Gasteiger partial charge < -0.3 is 25.1 Å². The van der Waals surface area contributed by atoms with Crippen molar-refractivity contribution in [1.29, 1.82) is 0 Å². The van der Waals surface area contributed by atoms with Crippen LogP contribution in [0.5, 0.6) is 11.5 Å². The van der Waals surface area contributed by atoms with Gasteiger partial charge in [-0.2, -0.15) is 0 Å². The number of H-pyrrole nitrogens is 1. The molecule has 4 aromatic rings. The van der Waals surface area contributed by atoms with Crippen LogP contribution in [0.15, 0.2) is 60.7 Å². The molecule has 0 bridgehead atoms. The lowest BCUT2D eigenvalue weighted by Crippen LogP contribution is -2.14. The van der Waals surface area contributed by atoms with Gasteiger partial charge in [0.25, 0.3) is 11.8 Å². The Morgan fingerprint density at radius 1 is 0.812 bits per heavy atom. The second-order valence-corrected chi connectivity index (χ2v) is 7.69. The van der Waals surface area contributed by atoms with Gasteiger partial charge in [-0.05, 0) is 74.0 Å². The van der Waals surface area contributed by atoms with Crippen molar-refractivity contribution in [1.82, 2.24) is 4.98 Å². The molecule has 0 spiro atoms. The number of hydrogen-bond donors (Lipinski definition) is 3. The lowest BCUT2D eigenvalue weighted by Gasteiger charge is -2.10. The molecular weight excluding hydrogens is 406 g/mol. The molecule has 1 aliphatic rings. The van der Waals surface area contributed by atoms with Crippen LogP contribution in [0.4, 0.5) is 11.4 Å². The predicted molar refractivity (Wildman–Crippen MR) is 123 cm³/mol. The third-order valence-corrected chi connectivity index (χ3v) is 5.58. The van der Waals surface area contributed by atoms with E-state index in [1.54, 1.807) is 48.5 Å². The Morgan fingerprint density at radius 2 is 1.47 bits per heavy atom. The third-order valence-electron chi connectivity index (χ3n) is 5.58. The number of anilines is 2. The summed E-state index contributed by atoms with van der Waals surface area (Å²) in [7, 11) is 0. The number of fused-ring (bicyclic) bond motifs is 2. The zero-order valence-corrected chi connectivity index (χ0v) is 17.6. The molecule has 7 heteroatoms. The molecule has 3 N–H and O–H groups in total. The summed E-state index contributed by atoms with van der Waals surface area (Å²) in [4.78, 5) is 28.7. The van der Waals surface area contributed by atoms with Crippen molar-refractivity contribution in [3.05, 3.63) is 83.0 Å². The molecule has 0 saturated carbocycles. The molecule has 1 aromatic heterocycles. The number of amides is 2. The Labute approximate surface area is 184 Å². The molecule has 2 amide bonds. The van der Waals surface area contributed by atoms with Gasteiger partial charge in [0.1, 0.15) is 0 Å². The number of carbonyl (C=O) groups is 2. The maximum absolute atomic E-state index is 12.8. The minimum Gasteiger partial charge on any atom is -0.454 e. The van der Waals surface area contributed by atoms with E-state index in [2.05, 4.69) is 15.6 Å². The normalized spacial score (nSPS) is 12.1. The highest BCUT2D eigenvalue weighted by Gasteiger charge is 2.16. The number of rotatable bonds is 4. The fourth-order valence-electron chi connectivity index (χ4n) is 3.72. The molecule has 1 aliphatic heterocycles. The van der Waals surface area contributed by atoms with Gasteiger partial charge in [0, 0.05) is 39.1 Å². The Hall–Kier alpha value is -4.26. The van der Waals surface area contributed by atoms with Gasteiger partial charge in [0.15, 0.2) is 11.5 Å². The van der Waals surface area contributed by atoms with Crippen molar-refractivity contribution >= 4 is 34.1 Å². The van der Waals surface area contributed by atoms with Crippen LogP contribution in [0.1, 0.15) is 32.0 Å². The maximum Gasteiger partial charge on any atom is 0.255 e. The number of aromatic nitrogens is 1. The molecular formula is C25H21N3O4. The van der Waals surface area contributed by atoms with Gasteiger partial charge in [-0.15, -0.1) is 0 Å². The van der Waals surface area contributed by atoms with E-state index >= 15 is 0 Å². The Kier molecular flexibility index (Phi) is 4.78. The van der Waals surface area contributed by atoms with Crippen molar-refractivity contribution in [3.8, 4) is 11.5 Å². The number of ether oxygens (including phenoxy) is 2. The molecule has 0 atom stereocenters. The molecule has 0 fully saturated rings. The predicted octanol–water partition coefficient (Wildman–Crippen LogP) is 5.02. The molecule has 160 valence electrons. The summed E-state index contributed by atoms with van der Waals surface area (Å²) in [5, 5.41) is 6.77. The van der Waals surface area contributed by atoms with E-state index in [9.17, 15) is 9.59 Å². The van der Waals surface area contributed by atoms with Crippen molar-refractivity contribution in [2.75, 3.05) is 17.4 Å². The Morgan fingerprint density at radius 3 is 2.22 bits per heavy atom. The van der Waals surface area contributed by atoms with E-state index in [0.29, 0.717) is 34.0 Å². The summed E-state index contributed by atoms with van der Waals surface area (Å²) in [6.07, 6.45) is 0. The summed E-state index contributed by atoms with van der Waals surface area (Å²) >= 11 is 0. The SMILES string of the molecule is Cc1[nH]c2ccc(C(=O)Nc3cccc(NC(=O)c4ccc5c(c4)OCO5)c3)cc2c1C. The Bertz CT molecular complexity index is 1370. The van der Waals surface area contributed by atoms with E-state index in [-0.39, 0.29) is 18.6 Å². The van der Waals surface area contributed by atoms with Gasteiger partial charge in [-0.1, -0.05) is 6.07 Å². The number of carbonyl (C=O) groups excluding carboxylic acids is 2. The minimum absolute atomic E-state index is 0.151. The van der Waals surface area contributed by atoms with Crippen LogP contribution in [-0.2, 0) is 0 Å². The fraction of sp³-hybridized carbons (Fsp3) is 0.120. The largest absolute Gasteiger partial charge is 0.454 e. The van der Waals surface area contributed by atoms with Crippen LogP contribution >= 0.6 is 0 Å². The standard InChI is InChI=1S/C25H21N3O4/c1-14-15(2)26-21-8-6-16(10-20(14)21)24(29)27-18-4-3-5-19(12-18)28-25(30)17-7-9-22-23(11-17)32-13-31-22/h3-12,26H,13H2,1-2H3,(H,27,29)(H,28,30). The highest BCUT2D eigenvalue weighted by atomic mass is 16.7. The van der Waals surface area contributed by atoms with Gasteiger partial charge >= 0.3 is 0 Å². The molecule has 0 unspecified atom stereocenters. The summed E-state index contributed by atoms with van der Waals surface area (Å²) < 4.78 is 10.6. The quantitative estimate of drug-likeness (QED) is 0.426. The molecule has 5 rings (SSSR count). The maximum atomic E-state index is 12.8. The van der Waals surface area contributed by atoms with Crippen LogP contribution in [0, 0.1) is 13.8 Å². The van der Waals surface area contributed by atoms with Crippen molar-refractivity contribution in [2.45, 2.75) is 13.8 Å².